The third-order valence-electron chi connectivity index (χ3n) is 3.71. The number of thiophene rings is 1. The lowest BCUT2D eigenvalue weighted by molar-refractivity contribution is 0.457. The zero-order valence-corrected chi connectivity index (χ0v) is 15.7. The predicted molar refractivity (Wildman–Crippen MR) is 103 cm³/mol. The van der Waals surface area contributed by atoms with E-state index in [0.717, 1.165) is 38.6 Å². The van der Waals surface area contributed by atoms with E-state index in [4.69, 9.17) is 4.99 Å². The fraction of sp³-hybridized carbons (Fsp3) is 0.556. The second-order valence-electron chi connectivity index (χ2n) is 6.32. The van der Waals surface area contributed by atoms with Crippen molar-refractivity contribution in [3.63, 3.8) is 0 Å². The van der Waals surface area contributed by atoms with E-state index in [1.54, 1.807) is 0 Å². The summed E-state index contributed by atoms with van der Waals surface area (Å²) in [6, 6.07) is 6.28. The molecule has 132 valence electrons. The van der Waals surface area contributed by atoms with E-state index in [-0.39, 0.29) is 0 Å². The Labute approximate surface area is 149 Å². The van der Waals surface area contributed by atoms with Crippen LogP contribution in [0.2, 0.25) is 0 Å². The van der Waals surface area contributed by atoms with Crippen LogP contribution >= 0.6 is 11.3 Å². The van der Waals surface area contributed by atoms with Gasteiger partial charge in [-0.25, -0.2) is 0 Å². The average Bonchev–Trinajstić information content (AvgIpc) is 3.24. The molecule has 0 bridgehead atoms. The number of nitrogens with zero attached hydrogens (tertiary/aromatic N) is 3. The molecule has 2 unspecified atom stereocenters. The maximum atomic E-state index is 4.72. The highest BCUT2D eigenvalue weighted by Crippen LogP contribution is 2.13. The second-order valence-corrected chi connectivity index (χ2v) is 7.35. The summed E-state index contributed by atoms with van der Waals surface area (Å²) in [6.07, 6.45) is 4.92. The van der Waals surface area contributed by atoms with E-state index in [2.05, 4.69) is 54.0 Å². The van der Waals surface area contributed by atoms with Crippen LogP contribution in [0.3, 0.4) is 0 Å². The summed E-state index contributed by atoms with van der Waals surface area (Å²) >= 11 is 1.83. The molecule has 0 fully saturated rings. The van der Waals surface area contributed by atoms with Gasteiger partial charge in [-0.05, 0) is 42.7 Å². The van der Waals surface area contributed by atoms with Crippen LogP contribution in [-0.4, -0.2) is 35.4 Å². The van der Waals surface area contributed by atoms with Crippen molar-refractivity contribution in [2.75, 3.05) is 19.6 Å². The van der Waals surface area contributed by atoms with Gasteiger partial charge < -0.3 is 10.6 Å². The van der Waals surface area contributed by atoms with Crippen molar-refractivity contribution in [1.82, 2.24) is 20.4 Å². The number of aromatic nitrogens is 2. The van der Waals surface area contributed by atoms with Crippen LogP contribution in [-0.2, 0) is 13.0 Å². The highest BCUT2D eigenvalue weighted by atomic mass is 32.1. The molecule has 0 aliphatic rings. The molecule has 2 heterocycles. The average molecular weight is 348 g/mol. The number of hydrogen-bond acceptors (Lipinski definition) is 3. The lowest BCUT2D eigenvalue weighted by atomic mass is 10.1. The Morgan fingerprint density at radius 2 is 2.17 bits per heavy atom. The Morgan fingerprint density at radius 1 is 1.29 bits per heavy atom. The number of hydrogen-bond donors (Lipinski definition) is 2. The van der Waals surface area contributed by atoms with Crippen molar-refractivity contribution < 1.29 is 0 Å². The molecule has 2 aromatic rings. The van der Waals surface area contributed by atoms with Gasteiger partial charge in [0.05, 0.1) is 0 Å². The lowest BCUT2D eigenvalue weighted by Gasteiger charge is -2.16. The highest BCUT2D eigenvalue weighted by molar-refractivity contribution is 7.09. The van der Waals surface area contributed by atoms with Gasteiger partial charge in [0, 0.05) is 43.4 Å². The van der Waals surface area contributed by atoms with Gasteiger partial charge in [0.2, 0.25) is 0 Å². The SMILES string of the molecule is CCNC(=NCC(C)Cn1cccn1)NCC(C)Cc1cccs1. The molecule has 2 rings (SSSR count). The summed E-state index contributed by atoms with van der Waals surface area (Å²) in [7, 11) is 0. The predicted octanol–water partition coefficient (Wildman–Crippen LogP) is 3.01. The Hall–Kier alpha value is -1.82. The first-order valence-electron chi connectivity index (χ1n) is 8.69. The first-order chi connectivity index (χ1) is 11.7. The summed E-state index contributed by atoms with van der Waals surface area (Å²) in [5.41, 5.74) is 0. The van der Waals surface area contributed by atoms with Crippen LogP contribution in [0.5, 0.6) is 0 Å². The molecule has 2 atom stereocenters. The Balaban J connectivity index is 1.77. The summed E-state index contributed by atoms with van der Waals surface area (Å²) in [4.78, 5) is 6.16. The van der Waals surface area contributed by atoms with E-state index >= 15 is 0 Å². The molecule has 5 nitrogen and oxygen atoms in total. The number of rotatable bonds is 9. The zero-order chi connectivity index (χ0) is 17.2. The van der Waals surface area contributed by atoms with Gasteiger partial charge in [-0.15, -0.1) is 11.3 Å². The minimum Gasteiger partial charge on any atom is -0.357 e. The van der Waals surface area contributed by atoms with Gasteiger partial charge in [-0.1, -0.05) is 19.9 Å². The molecule has 0 aliphatic carbocycles. The summed E-state index contributed by atoms with van der Waals surface area (Å²) in [5, 5.41) is 13.2. The maximum absolute atomic E-state index is 4.72. The van der Waals surface area contributed by atoms with Crippen LogP contribution < -0.4 is 10.6 Å². The second kappa shape index (κ2) is 10.1. The minimum atomic E-state index is 0.448. The number of guanidine groups is 1. The van der Waals surface area contributed by atoms with Crippen LogP contribution in [0.15, 0.2) is 41.0 Å². The first-order valence-corrected chi connectivity index (χ1v) is 9.57. The molecule has 2 aromatic heterocycles. The molecule has 0 saturated heterocycles. The smallest absolute Gasteiger partial charge is 0.191 e. The van der Waals surface area contributed by atoms with Crippen molar-refractivity contribution in [3.05, 3.63) is 40.8 Å². The molecular weight excluding hydrogens is 318 g/mol. The zero-order valence-electron chi connectivity index (χ0n) is 14.9. The molecule has 0 radical (unpaired) electrons. The molecular formula is C18H29N5S. The largest absolute Gasteiger partial charge is 0.357 e. The monoisotopic (exact) mass is 347 g/mol. The highest BCUT2D eigenvalue weighted by Gasteiger charge is 2.07. The van der Waals surface area contributed by atoms with Crippen molar-refractivity contribution in [2.45, 2.75) is 33.7 Å². The van der Waals surface area contributed by atoms with E-state index in [9.17, 15) is 0 Å². The van der Waals surface area contributed by atoms with Crippen molar-refractivity contribution >= 4 is 17.3 Å². The molecule has 24 heavy (non-hydrogen) atoms. The van der Waals surface area contributed by atoms with E-state index in [0.29, 0.717) is 11.8 Å². The van der Waals surface area contributed by atoms with Crippen molar-refractivity contribution in [2.24, 2.45) is 16.8 Å². The number of nitrogens with one attached hydrogen (secondary N) is 2. The van der Waals surface area contributed by atoms with Crippen LogP contribution in [0.25, 0.3) is 0 Å². The van der Waals surface area contributed by atoms with Crippen molar-refractivity contribution in [1.29, 1.82) is 0 Å². The summed E-state index contributed by atoms with van der Waals surface area (Å²) < 4.78 is 1.96. The van der Waals surface area contributed by atoms with Gasteiger partial charge in [0.25, 0.3) is 0 Å². The summed E-state index contributed by atoms with van der Waals surface area (Å²) in [6.45, 7) is 10.1. The fourth-order valence-corrected chi connectivity index (χ4v) is 3.36. The standard InChI is InChI=1S/C18H29N5S/c1-4-19-18(20-12-15(2)11-17-7-5-10-24-17)21-13-16(3)14-23-9-6-8-22-23/h5-10,15-16H,4,11-14H2,1-3H3,(H2,19,20,21). The number of aliphatic imine (C=N–C) groups is 1. The minimum absolute atomic E-state index is 0.448. The van der Waals surface area contributed by atoms with Gasteiger partial charge in [-0.3, -0.25) is 9.67 Å². The van der Waals surface area contributed by atoms with Gasteiger partial charge in [0.15, 0.2) is 5.96 Å². The third-order valence-corrected chi connectivity index (χ3v) is 4.61. The Bertz CT molecular complexity index is 577. The van der Waals surface area contributed by atoms with E-state index in [1.807, 2.05) is 34.5 Å². The molecule has 0 aliphatic heterocycles. The topological polar surface area (TPSA) is 54.2 Å². The Morgan fingerprint density at radius 3 is 2.83 bits per heavy atom. The quantitative estimate of drug-likeness (QED) is 0.541. The van der Waals surface area contributed by atoms with Crippen molar-refractivity contribution in [3.8, 4) is 0 Å². The summed E-state index contributed by atoms with van der Waals surface area (Å²) in [5.74, 6) is 1.93. The maximum Gasteiger partial charge on any atom is 0.191 e. The molecule has 0 amide bonds. The molecule has 0 spiro atoms. The van der Waals surface area contributed by atoms with E-state index < -0.39 is 0 Å². The molecule has 0 aromatic carbocycles. The lowest BCUT2D eigenvalue weighted by Crippen LogP contribution is -2.40. The van der Waals surface area contributed by atoms with E-state index in [1.165, 1.54) is 4.88 Å². The molecule has 2 N–H and O–H groups in total. The third kappa shape index (κ3) is 6.74. The van der Waals surface area contributed by atoms with Gasteiger partial charge in [-0.2, -0.15) is 5.10 Å². The molecule has 0 saturated carbocycles. The fourth-order valence-electron chi connectivity index (χ4n) is 2.49. The Kier molecular flexibility index (Phi) is 7.82. The van der Waals surface area contributed by atoms with Crippen LogP contribution in [0.4, 0.5) is 0 Å². The normalized spacial score (nSPS) is 14.4. The molecule has 6 heteroatoms. The van der Waals surface area contributed by atoms with Crippen LogP contribution in [0, 0.1) is 11.8 Å². The van der Waals surface area contributed by atoms with Gasteiger partial charge >= 0.3 is 0 Å². The van der Waals surface area contributed by atoms with Crippen LogP contribution in [0.1, 0.15) is 25.6 Å². The van der Waals surface area contributed by atoms with Gasteiger partial charge in [0.1, 0.15) is 0 Å². The first kappa shape index (κ1) is 18.5.